The average Bonchev–Trinajstić information content (AvgIpc) is 2.70. The van der Waals surface area contributed by atoms with E-state index in [4.69, 9.17) is 0 Å². The Morgan fingerprint density at radius 1 is 1.20 bits per heavy atom. The molecule has 0 spiro atoms. The lowest BCUT2D eigenvalue weighted by Gasteiger charge is -2.45. The monoisotopic (exact) mass is 410 g/mol. The third kappa shape index (κ3) is 5.54. The Morgan fingerprint density at radius 3 is 2.60 bits per heavy atom. The summed E-state index contributed by atoms with van der Waals surface area (Å²) < 4.78 is 0. The summed E-state index contributed by atoms with van der Waals surface area (Å²) in [6.07, 6.45) is 2.14. The molecular formula is C25H34N2O3. The van der Waals surface area contributed by atoms with Crippen molar-refractivity contribution >= 4 is 5.91 Å². The molecule has 5 heteroatoms. The van der Waals surface area contributed by atoms with Crippen LogP contribution >= 0.6 is 0 Å². The van der Waals surface area contributed by atoms with E-state index in [0.717, 1.165) is 31.6 Å². The molecule has 1 aliphatic rings. The van der Waals surface area contributed by atoms with Gasteiger partial charge in [-0.2, -0.15) is 0 Å². The van der Waals surface area contributed by atoms with Gasteiger partial charge in [0.05, 0.1) is 0 Å². The molecule has 1 unspecified atom stereocenters. The molecule has 2 aromatic carbocycles. The molecule has 162 valence electrons. The minimum atomic E-state index is 0.0475. The SMILES string of the molecule is CC(CN1CC[C@@](C)(c2cccc(O)c2)[C@@H](C)C1)NC(=O)CCc1ccc(O)cc1. The maximum absolute atomic E-state index is 12.3. The van der Waals surface area contributed by atoms with Crippen molar-refractivity contribution in [2.45, 2.75) is 51.5 Å². The molecule has 5 nitrogen and oxygen atoms in total. The van der Waals surface area contributed by atoms with Crippen LogP contribution in [0.3, 0.4) is 0 Å². The molecule has 3 atom stereocenters. The Labute approximate surface area is 179 Å². The van der Waals surface area contributed by atoms with Crippen LogP contribution in [0.2, 0.25) is 0 Å². The molecule has 0 saturated carbocycles. The van der Waals surface area contributed by atoms with Crippen LogP contribution in [-0.2, 0) is 16.6 Å². The molecule has 1 saturated heterocycles. The predicted molar refractivity (Wildman–Crippen MR) is 120 cm³/mol. The van der Waals surface area contributed by atoms with Crippen LogP contribution in [0.1, 0.15) is 44.7 Å². The molecule has 0 aliphatic carbocycles. The average molecular weight is 411 g/mol. The van der Waals surface area contributed by atoms with Gasteiger partial charge in [0.2, 0.25) is 5.91 Å². The maximum atomic E-state index is 12.3. The number of amides is 1. The molecular weight excluding hydrogens is 376 g/mol. The number of benzene rings is 2. The number of carbonyl (C=O) groups is 1. The van der Waals surface area contributed by atoms with E-state index in [1.807, 2.05) is 24.3 Å². The van der Waals surface area contributed by atoms with Gasteiger partial charge in [-0.25, -0.2) is 0 Å². The summed E-state index contributed by atoms with van der Waals surface area (Å²) in [5.41, 5.74) is 2.29. The maximum Gasteiger partial charge on any atom is 0.220 e. The molecule has 3 N–H and O–H groups in total. The summed E-state index contributed by atoms with van der Waals surface area (Å²) >= 11 is 0. The van der Waals surface area contributed by atoms with E-state index < -0.39 is 0 Å². The van der Waals surface area contributed by atoms with Crippen LogP contribution in [0, 0.1) is 5.92 Å². The number of likely N-dealkylation sites (tertiary alicyclic amines) is 1. The highest BCUT2D eigenvalue weighted by atomic mass is 16.3. The lowest BCUT2D eigenvalue weighted by atomic mass is 9.68. The van der Waals surface area contributed by atoms with E-state index in [2.05, 4.69) is 37.1 Å². The third-order valence-corrected chi connectivity index (χ3v) is 6.59. The standard InChI is InChI=1S/C25H34N2O3/c1-18-16-27(14-13-25(18,3)21-5-4-6-23(29)15-21)17-19(2)26-24(30)12-9-20-7-10-22(28)11-8-20/h4-8,10-11,15,18-19,28-29H,9,12-14,16-17H2,1-3H3,(H,26,30)/t18-,19?,25+/m0/s1. The van der Waals surface area contributed by atoms with Crippen LogP contribution in [0.25, 0.3) is 0 Å². The van der Waals surface area contributed by atoms with E-state index in [9.17, 15) is 15.0 Å². The predicted octanol–water partition coefficient (Wildman–Crippen LogP) is 3.83. The number of hydrogen-bond acceptors (Lipinski definition) is 4. The highest BCUT2D eigenvalue weighted by Gasteiger charge is 2.38. The van der Waals surface area contributed by atoms with Crippen molar-refractivity contribution in [2.24, 2.45) is 5.92 Å². The number of nitrogens with one attached hydrogen (secondary N) is 1. The summed E-state index contributed by atoms with van der Waals surface area (Å²) in [5, 5.41) is 22.3. The minimum absolute atomic E-state index is 0.0475. The van der Waals surface area contributed by atoms with Crippen LogP contribution < -0.4 is 5.32 Å². The van der Waals surface area contributed by atoms with E-state index in [1.165, 1.54) is 5.56 Å². The highest BCUT2D eigenvalue weighted by molar-refractivity contribution is 5.76. The van der Waals surface area contributed by atoms with Gasteiger partial charge in [0.1, 0.15) is 11.5 Å². The Balaban J connectivity index is 1.46. The van der Waals surface area contributed by atoms with E-state index in [-0.39, 0.29) is 23.1 Å². The van der Waals surface area contributed by atoms with Crippen molar-refractivity contribution < 1.29 is 15.0 Å². The molecule has 30 heavy (non-hydrogen) atoms. The quantitative estimate of drug-likeness (QED) is 0.649. The molecule has 1 amide bonds. The Bertz CT molecular complexity index is 852. The summed E-state index contributed by atoms with van der Waals surface area (Å²) in [6, 6.07) is 14.7. The Morgan fingerprint density at radius 2 is 1.93 bits per heavy atom. The lowest BCUT2D eigenvalue weighted by molar-refractivity contribution is -0.121. The fraction of sp³-hybridized carbons (Fsp3) is 0.480. The Kier molecular flexibility index (Phi) is 7.03. The zero-order valence-electron chi connectivity index (χ0n) is 18.3. The molecule has 1 aliphatic heterocycles. The van der Waals surface area contributed by atoms with Gasteiger partial charge in [-0.15, -0.1) is 0 Å². The number of phenolic OH excluding ortho intramolecular Hbond substituents is 2. The van der Waals surface area contributed by atoms with Gasteiger partial charge in [-0.05, 0) is 73.0 Å². The molecule has 0 aromatic heterocycles. The zero-order chi connectivity index (χ0) is 21.7. The first-order valence-corrected chi connectivity index (χ1v) is 10.9. The van der Waals surface area contributed by atoms with Gasteiger partial charge < -0.3 is 20.4 Å². The van der Waals surface area contributed by atoms with E-state index in [0.29, 0.717) is 24.5 Å². The molecule has 2 aromatic rings. The number of aromatic hydroxyl groups is 2. The molecule has 1 heterocycles. The van der Waals surface area contributed by atoms with E-state index in [1.54, 1.807) is 18.2 Å². The Hall–Kier alpha value is -2.53. The lowest BCUT2D eigenvalue weighted by Crippen LogP contribution is -2.51. The van der Waals surface area contributed by atoms with Crippen LogP contribution in [-0.4, -0.2) is 46.7 Å². The fourth-order valence-electron chi connectivity index (χ4n) is 4.47. The summed E-state index contributed by atoms with van der Waals surface area (Å²) in [4.78, 5) is 14.7. The van der Waals surface area contributed by atoms with Crippen LogP contribution in [0.4, 0.5) is 0 Å². The number of rotatable bonds is 7. The smallest absolute Gasteiger partial charge is 0.220 e. The number of piperidine rings is 1. The first-order valence-electron chi connectivity index (χ1n) is 10.9. The van der Waals surface area contributed by atoms with Gasteiger partial charge in [0, 0.05) is 25.6 Å². The zero-order valence-corrected chi connectivity index (χ0v) is 18.3. The van der Waals surface area contributed by atoms with E-state index >= 15 is 0 Å². The third-order valence-electron chi connectivity index (χ3n) is 6.59. The fourth-order valence-corrected chi connectivity index (χ4v) is 4.47. The summed E-state index contributed by atoms with van der Waals surface area (Å²) in [7, 11) is 0. The first-order chi connectivity index (χ1) is 14.3. The van der Waals surface area contributed by atoms with Crippen molar-refractivity contribution in [1.82, 2.24) is 10.2 Å². The number of hydrogen-bond donors (Lipinski definition) is 3. The number of aryl methyl sites for hydroxylation is 1. The van der Waals surface area contributed by atoms with Gasteiger partial charge in [-0.1, -0.05) is 38.1 Å². The van der Waals surface area contributed by atoms with Crippen molar-refractivity contribution in [3.8, 4) is 11.5 Å². The second kappa shape index (κ2) is 9.52. The summed E-state index contributed by atoms with van der Waals surface area (Å²) in [6.45, 7) is 9.41. The van der Waals surface area contributed by atoms with Crippen molar-refractivity contribution in [2.75, 3.05) is 19.6 Å². The van der Waals surface area contributed by atoms with Gasteiger partial charge in [0.15, 0.2) is 0 Å². The van der Waals surface area contributed by atoms with Gasteiger partial charge in [-0.3, -0.25) is 4.79 Å². The summed E-state index contributed by atoms with van der Waals surface area (Å²) in [5.74, 6) is 1.08. The largest absolute Gasteiger partial charge is 0.508 e. The molecule has 0 bridgehead atoms. The number of carbonyl (C=O) groups excluding carboxylic acids is 1. The van der Waals surface area contributed by atoms with Crippen molar-refractivity contribution in [3.05, 3.63) is 59.7 Å². The normalized spacial score (nSPS) is 23.1. The topological polar surface area (TPSA) is 72.8 Å². The van der Waals surface area contributed by atoms with Gasteiger partial charge in [0.25, 0.3) is 0 Å². The van der Waals surface area contributed by atoms with Crippen molar-refractivity contribution in [1.29, 1.82) is 0 Å². The molecule has 1 fully saturated rings. The first kappa shape index (κ1) is 22.2. The second-order valence-corrected chi connectivity index (χ2v) is 9.01. The molecule has 0 radical (unpaired) electrons. The van der Waals surface area contributed by atoms with Gasteiger partial charge >= 0.3 is 0 Å². The minimum Gasteiger partial charge on any atom is -0.508 e. The van der Waals surface area contributed by atoms with Crippen LogP contribution in [0.15, 0.2) is 48.5 Å². The van der Waals surface area contributed by atoms with Crippen LogP contribution in [0.5, 0.6) is 11.5 Å². The highest BCUT2D eigenvalue weighted by Crippen LogP contribution is 2.40. The molecule has 3 rings (SSSR count). The van der Waals surface area contributed by atoms with Crippen molar-refractivity contribution in [3.63, 3.8) is 0 Å². The number of nitrogens with zero attached hydrogens (tertiary/aromatic N) is 1. The number of phenols is 2. The second-order valence-electron chi connectivity index (χ2n) is 9.01.